The van der Waals surface area contributed by atoms with Gasteiger partial charge in [-0.15, -0.1) is 0 Å². The number of alkyl carbamates (subject to hydrolysis) is 1. The largest absolute Gasteiger partial charge is 0.444 e. The van der Waals surface area contributed by atoms with Gasteiger partial charge in [-0.3, -0.25) is 4.68 Å². The number of nitrogens with zero attached hydrogens (tertiary/aromatic N) is 2. The number of ether oxygens (including phenoxy) is 1. The number of hydrogen-bond donors (Lipinski definition) is 1. The highest BCUT2D eigenvalue weighted by Gasteiger charge is 2.37. The molecule has 1 N–H and O–H groups in total. The average Bonchev–Trinajstić information content (AvgIpc) is 2.68. The number of amides is 1. The molecule has 0 saturated heterocycles. The quantitative estimate of drug-likeness (QED) is 0.913. The molecule has 0 spiro atoms. The number of halogens is 3. The Morgan fingerprint density at radius 2 is 2.00 bits per heavy atom. The van der Waals surface area contributed by atoms with E-state index >= 15 is 0 Å². The Labute approximate surface area is 120 Å². The highest BCUT2D eigenvalue weighted by molar-refractivity contribution is 5.68. The van der Waals surface area contributed by atoms with Crippen LogP contribution in [0.15, 0.2) is 12.3 Å². The topological polar surface area (TPSA) is 56.1 Å². The lowest BCUT2D eigenvalue weighted by atomic mass is 9.87. The van der Waals surface area contributed by atoms with Crippen molar-refractivity contribution in [3.63, 3.8) is 0 Å². The Bertz CT molecular complexity index is 513. The van der Waals surface area contributed by atoms with Gasteiger partial charge in [-0.1, -0.05) is 0 Å². The second kappa shape index (κ2) is 5.23. The van der Waals surface area contributed by atoms with Crippen LogP contribution in [0.1, 0.15) is 45.3 Å². The lowest BCUT2D eigenvalue weighted by Gasteiger charge is -2.36. The standard InChI is InChI=1S/C13H18F3N3O2/c1-12(2,3)21-11(20)17-8-6-9(7-8)19-5-4-10(18-19)13(14,15)16/h4-5,8-9H,6-7H2,1-3H3,(H,17,20)/t8-,9-. The van der Waals surface area contributed by atoms with Crippen molar-refractivity contribution in [1.82, 2.24) is 15.1 Å². The first kappa shape index (κ1) is 15.7. The molecule has 0 radical (unpaired) electrons. The second-order valence-corrected chi connectivity index (χ2v) is 6.15. The molecule has 0 bridgehead atoms. The molecule has 1 aromatic heterocycles. The number of aromatic nitrogens is 2. The maximum Gasteiger partial charge on any atom is 0.435 e. The van der Waals surface area contributed by atoms with Crippen LogP contribution in [0.25, 0.3) is 0 Å². The summed E-state index contributed by atoms with van der Waals surface area (Å²) in [7, 11) is 0. The van der Waals surface area contributed by atoms with Crippen molar-refractivity contribution in [3.05, 3.63) is 18.0 Å². The van der Waals surface area contributed by atoms with Crippen LogP contribution < -0.4 is 5.32 Å². The number of alkyl halides is 3. The minimum absolute atomic E-state index is 0.0941. The van der Waals surface area contributed by atoms with Gasteiger partial charge in [0.25, 0.3) is 0 Å². The Balaban J connectivity index is 1.82. The van der Waals surface area contributed by atoms with Crippen molar-refractivity contribution in [2.24, 2.45) is 0 Å². The molecular formula is C13H18F3N3O2. The third-order valence-corrected chi connectivity index (χ3v) is 3.11. The van der Waals surface area contributed by atoms with E-state index in [1.54, 1.807) is 20.8 Å². The lowest BCUT2D eigenvalue weighted by molar-refractivity contribution is -0.141. The van der Waals surface area contributed by atoms with Crippen molar-refractivity contribution in [2.75, 3.05) is 0 Å². The molecule has 0 atom stereocenters. The van der Waals surface area contributed by atoms with Crippen molar-refractivity contribution >= 4 is 6.09 Å². The van der Waals surface area contributed by atoms with E-state index in [-0.39, 0.29) is 12.1 Å². The molecule has 1 fully saturated rings. The number of carbonyl (C=O) groups is 1. The first-order valence-electron chi connectivity index (χ1n) is 6.66. The highest BCUT2D eigenvalue weighted by Crippen LogP contribution is 2.34. The van der Waals surface area contributed by atoms with Gasteiger partial charge in [0.05, 0.1) is 6.04 Å². The molecule has 1 heterocycles. The first-order valence-corrected chi connectivity index (χ1v) is 6.66. The van der Waals surface area contributed by atoms with Crippen LogP contribution in [0.5, 0.6) is 0 Å². The predicted molar refractivity (Wildman–Crippen MR) is 68.7 cm³/mol. The first-order chi connectivity index (χ1) is 9.54. The normalized spacial score (nSPS) is 22.6. The van der Waals surface area contributed by atoms with Gasteiger partial charge < -0.3 is 10.1 Å². The van der Waals surface area contributed by atoms with E-state index in [9.17, 15) is 18.0 Å². The van der Waals surface area contributed by atoms with Crippen LogP contribution in [0.3, 0.4) is 0 Å². The Hall–Kier alpha value is -1.73. The van der Waals surface area contributed by atoms with Crippen LogP contribution in [-0.2, 0) is 10.9 Å². The summed E-state index contributed by atoms with van der Waals surface area (Å²) in [6, 6.07) is 0.735. The molecular weight excluding hydrogens is 287 g/mol. The molecule has 0 aromatic carbocycles. The van der Waals surface area contributed by atoms with E-state index in [1.807, 2.05) is 0 Å². The van der Waals surface area contributed by atoms with Crippen LogP contribution in [0, 0.1) is 0 Å². The Kier molecular flexibility index (Phi) is 3.90. The fourth-order valence-corrected chi connectivity index (χ4v) is 2.09. The summed E-state index contributed by atoms with van der Waals surface area (Å²) < 4.78 is 43.7. The molecule has 1 amide bonds. The lowest BCUT2D eigenvalue weighted by Crippen LogP contribution is -2.46. The molecule has 1 aromatic rings. The molecule has 0 unspecified atom stereocenters. The molecule has 0 aliphatic heterocycles. The third kappa shape index (κ3) is 4.12. The van der Waals surface area contributed by atoms with Gasteiger partial charge in [-0.05, 0) is 39.7 Å². The fraction of sp³-hybridized carbons (Fsp3) is 0.692. The number of rotatable bonds is 2. The maximum absolute atomic E-state index is 12.4. The Morgan fingerprint density at radius 3 is 2.48 bits per heavy atom. The predicted octanol–water partition coefficient (Wildman–Crippen LogP) is 3.13. The van der Waals surface area contributed by atoms with Gasteiger partial charge in [0.15, 0.2) is 5.69 Å². The summed E-state index contributed by atoms with van der Waals surface area (Å²) in [4.78, 5) is 11.5. The van der Waals surface area contributed by atoms with Gasteiger partial charge in [-0.2, -0.15) is 18.3 Å². The third-order valence-electron chi connectivity index (χ3n) is 3.11. The van der Waals surface area contributed by atoms with E-state index in [0.717, 1.165) is 6.07 Å². The zero-order valence-corrected chi connectivity index (χ0v) is 12.1. The van der Waals surface area contributed by atoms with Crippen molar-refractivity contribution in [3.8, 4) is 0 Å². The van der Waals surface area contributed by atoms with E-state index in [1.165, 1.54) is 10.9 Å². The molecule has 8 heteroatoms. The summed E-state index contributed by atoms with van der Waals surface area (Å²) in [5.41, 5.74) is -1.47. The van der Waals surface area contributed by atoms with Gasteiger partial charge in [0.1, 0.15) is 5.60 Å². The molecule has 5 nitrogen and oxygen atoms in total. The minimum atomic E-state index is -4.43. The number of carbonyl (C=O) groups excluding carboxylic acids is 1. The van der Waals surface area contributed by atoms with Gasteiger partial charge in [-0.25, -0.2) is 4.79 Å². The summed E-state index contributed by atoms with van der Waals surface area (Å²) in [6.45, 7) is 5.29. The second-order valence-electron chi connectivity index (χ2n) is 6.15. The van der Waals surface area contributed by atoms with Crippen LogP contribution in [-0.4, -0.2) is 27.5 Å². The molecule has 118 valence electrons. The molecule has 1 aliphatic carbocycles. The van der Waals surface area contributed by atoms with Crippen LogP contribution in [0.2, 0.25) is 0 Å². The summed E-state index contributed by atoms with van der Waals surface area (Å²) in [6.07, 6.45) is -2.54. The number of hydrogen-bond acceptors (Lipinski definition) is 3. The minimum Gasteiger partial charge on any atom is -0.444 e. The van der Waals surface area contributed by atoms with Crippen molar-refractivity contribution in [2.45, 2.75) is 57.5 Å². The van der Waals surface area contributed by atoms with Gasteiger partial charge >= 0.3 is 12.3 Å². The van der Waals surface area contributed by atoms with E-state index < -0.39 is 23.6 Å². The molecule has 21 heavy (non-hydrogen) atoms. The van der Waals surface area contributed by atoms with Crippen LogP contribution >= 0.6 is 0 Å². The SMILES string of the molecule is CC(C)(C)OC(=O)N[C@H]1C[C@H](n2ccc(C(F)(F)F)n2)C1. The average molecular weight is 305 g/mol. The molecule has 1 aliphatic rings. The zero-order chi connectivity index (χ0) is 15.8. The van der Waals surface area contributed by atoms with Gasteiger partial charge in [0.2, 0.25) is 0 Å². The fourth-order valence-electron chi connectivity index (χ4n) is 2.09. The highest BCUT2D eigenvalue weighted by atomic mass is 19.4. The maximum atomic E-state index is 12.4. The van der Waals surface area contributed by atoms with Crippen molar-refractivity contribution < 1.29 is 22.7 Å². The van der Waals surface area contributed by atoms with E-state index in [0.29, 0.717) is 12.8 Å². The summed E-state index contributed by atoms with van der Waals surface area (Å²) in [5, 5.41) is 6.21. The van der Waals surface area contributed by atoms with Gasteiger partial charge in [0, 0.05) is 12.2 Å². The Morgan fingerprint density at radius 1 is 1.38 bits per heavy atom. The van der Waals surface area contributed by atoms with Crippen LogP contribution in [0.4, 0.5) is 18.0 Å². The van der Waals surface area contributed by atoms with E-state index in [4.69, 9.17) is 4.74 Å². The monoisotopic (exact) mass is 305 g/mol. The summed E-state index contributed by atoms with van der Waals surface area (Å²) in [5.74, 6) is 0. The number of nitrogens with one attached hydrogen (secondary N) is 1. The molecule has 1 saturated carbocycles. The zero-order valence-electron chi connectivity index (χ0n) is 12.1. The van der Waals surface area contributed by atoms with Crippen molar-refractivity contribution in [1.29, 1.82) is 0 Å². The molecule has 2 rings (SSSR count). The summed E-state index contributed by atoms with van der Waals surface area (Å²) >= 11 is 0. The van der Waals surface area contributed by atoms with E-state index in [2.05, 4.69) is 10.4 Å². The smallest absolute Gasteiger partial charge is 0.435 e.